The van der Waals surface area contributed by atoms with Gasteiger partial charge in [0.2, 0.25) is 0 Å². The summed E-state index contributed by atoms with van der Waals surface area (Å²) in [6.07, 6.45) is 1.33. The number of halogens is 2. The SMILES string of the molecule is CC1(C)CCC([C@H](O)c2cccc(F)c2)N1.Cl. The van der Waals surface area contributed by atoms with Crippen LogP contribution in [0.4, 0.5) is 4.39 Å². The molecule has 96 valence electrons. The number of rotatable bonds is 2. The minimum Gasteiger partial charge on any atom is -0.387 e. The highest BCUT2D eigenvalue weighted by atomic mass is 35.5. The molecule has 0 aromatic heterocycles. The summed E-state index contributed by atoms with van der Waals surface area (Å²) >= 11 is 0. The third-order valence-electron chi connectivity index (χ3n) is 3.23. The van der Waals surface area contributed by atoms with E-state index in [4.69, 9.17) is 0 Å². The summed E-state index contributed by atoms with van der Waals surface area (Å²) in [6.45, 7) is 4.23. The Balaban J connectivity index is 0.00000144. The van der Waals surface area contributed by atoms with E-state index in [0.29, 0.717) is 5.56 Å². The van der Waals surface area contributed by atoms with Gasteiger partial charge in [-0.1, -0.05) is 12.1 Å². The molecule has 0 amide bonds. The fourth-order valence-corrected chi connectivity index (χ4v) is 2.32. The smallest absolute Gasteiger partial charge is 0.123 e. The lowest BCUT2D eigenvalue weighted by Gasteiger charge is -2.23. The van der Waals surface area contributed by atoms with Crippen molar-refractivity contribution >= 4 is 12.4 Å². The normalized spacial score (nSPS) is 24.1. The Hall–Kier alpha value is -0.640. The summed E-state index contributed by atoms with van der Waals surface area (Å²) in [5.41, 5.74) is 0.717. The van der Waals surface area contributed by atoms with Crippen LogP contribution in [0.5, 0.6) is 0 Å². The molecule has 1 aliphatic rings. The van der Waals surface area contributed by atoms with Crippen molar-refractivity contribution in [3.63, 3.8) is 0 Å². The van der Waals surface area contributed by atoms with Gasteiger partial charge in [-0.3, -0.25) is 0 Å². The molecule has 1 saturated heterocycles. The van der Waals surface area contributed by atoms with E-state index in [-0.39, 0.29) is 29.8 Å². The Morgan fingerprint density at radius 2 is 2.18 bits per heavy atom. The van der Waals surface area contributed by atoms with Gasteiger partial charge >= 0.3 is 0 Å². The summed E-state index contributed by atoms with van der Waals surface area (Å²) < 4.78 is 13.0. The highest BCUT2D eigenvalue weighted by Crippen LogP contribution is 2.30. The van der Waals surface area contributed by atoms with Crippen molar-refractivity contribution in [3.8, 4) is 0 Å². The molecule has 1 unspecified atom stereocenters. The van der Waals surface area contributed by atoms with Gasteiger partial charge in [0, 0.05) is 11.6 Å². The van der Waals surface area contributed by atoms with Crippen molar-refractivity contribution in [2.75, 3.05) is 0 Å². The molecular formula is C13H19ClFNO. The maximum absolute atomic E-state index is 13.0. The molecular weight excluding hydrogens is 241 g/mol. The van der Waals surface area contributed by atoms with Crippen LogP contribution in [-0.4, -0.2) is 16.7 Å². The predicted molar refractivity (Wildman–Crippen MR) is 68.8 cm³/mol. The van der Waals surface area contributed by atoms with Crippen molar-refractivity contribution in [1.82, 2.24) is 5.32 Å². The summed E-state index contributed by atoms with van der Waals surface area (Å²) in [5.74, 6) is -0.297. The van der Waals surface area contributed by atoms with Crippen LogP contribution >= 0.6 is 12.4 Å². The zero-order chi connectivity index (χ0) is 11.8. The van der Waals surface area contributed by atoms with Crippen LogP contribution in [0.2, 0.25) is 0 Å². The lowest BCUT2D eigenvalue weighted by Crippen LogP contribution is -2.40. The van der Waals surface area contributed by atoms with Crippen LogP contribution < -0.4 is 5.32 Å². The Bertz CT molecular complexity index is 383. The molecule has 17 heavy (non-hydrogen) atoms. The lowest BCUT2D eigenvalue weighted by atomic mass is 10.00. The first-order valence-electron chi connectivity index (χ1n) is 5.69. The Morgan fingerprint density at radius 3 is 2.71 bits per heavy atom. The first kappa shape index (κ1) is 14.4. The molecule has 2 N–H and O–H groups in total. The fourth-order valence-electron chi connectivity index (χ4n) is 2.32. The molecule has 1 aliphatic heterocycles. The van der Waals surface area contributed by atoms with Gasteiger partial charge in [-0.25, -0.2) is 4.39 Å². The molecule has 0 aliphatic carbocycles. The molecule has 0 spiro atoms. The highest BCUT2D eigenvalue weighted by molar-refractivity contribution is 5.85. The summed E-state index contributed by atoms with van der Waals surface area (Å²) in [5, 5.41) is 13.5. The molecule has 0 saturated carbocycles. The molecule has 1 heterocycles. The quantitative estimate of drug-likeness (QED) is 0.856. The molecule has 1 fully saturated rings. The Labute approximate surface area is 108 Å². The Kier molecular flexibility index (Phi) is 4.53. The molecule has 1 aromatic rings. The number of hydrogen-bond acceptors (Lipinski definition) is 2. The van der Waals surface area contributed by atoms with Crippen LogP contribution in [0.15, 0.2) is 24.3 Å². The van der Waals surface area contributed by atoms with E-state index in [0.717, 1.165) is 12.8 Å². The first-order valence-corrected chi connectivity index (χ1v) is 5.69. The fraction of sp³-hybridized carbons (Fsp3) is 0.538. The number of benzene rings is 1. The van der Waals surface area contributed by atoms with Crippen LogP contribution in [0.1, 0.15) is 38.4 Å². The summed E-state index contributed by atoms with van der Waals surface area (Å²) in [7, 11) is 0. The minimum atomic E-state index is -0.627. The average Bonchev–Trinajstić information content (AvgIpc) is 2.58. The number of aliphatic hydroxyl groups excluding tert-OH is 1. The number of aliphatic hydroxyl groups is 1. The van der Waals surface area contributed by atoms with Crippen LogP contribution in [0.3, 0.4) is 0 Å². The predicted octanol–water partition coefficient (Wildman–Crippen LogP) is 2.81. The maximum atomic E-state index is 13.0. The van der Waals surface area contributed by atoms with Crippen molar-refractivity contribution < 1.29 is 9.50 Å². The van der Waals surface area contributed by atoms with Gasteiger partial charge in [0.25, 0.3) is 0 Å². The molecule has 2 nitrogen and oxygen atoms in total. The van der Waals surface area contributed by atoms with Gasteiger partial charge in [0.05, 0.1) is 6.10 Å². The van der Waals surface area contributed by atoms with E-state index in [9.17, 15) is 9.50 Å². The number of nitrogens with one attached hydrogen (secondary N) is 1. The third kappa shape index (κ3) is 3.41. The van der Waals surface area contributed by atoms with E-state index in [2.05, 4.69) is 19.2 Å². The van der Waals surface area contributed by atoms with E-state index >= 15 is 0 Å². The van der Waals surface area contributed by atoms with Gasteiger partial charge in [0.1, 0.15) is 5.82 Å². The summed E-state index contributed by atoms with van der Waals surface area (Å²) in [6, 6.07) is 6.21. The Morgan fingerprint density at radius 1 is 1.47 bits per heavy atom. The van der Waals surface area contributed by atoms with Crippen molar-refractivity contribution in [2.45, 2.75) is 44.4 Å². The van der Waals surface area contributed by atoms with E-state index in [1.54, 1.807) is 12.1 Å². The second-order valence-corrected chi connectivity index (χ2v) is 5.17. The minimum absolute atomic E-state index is 0. The molecule has 2 atom stereocenters. The lowest BCUT2D eigenvalue weighted by molar-refractivity contribution is 0.131. The van der Waals surface area contributed by atoms with E-state index in [1.165, 1.54) is 12.1 Å². The van der Waals surface area contributed by atoms with E-state index < -0.39 is 6.10 Å². The molecule has 2 rings (SSSR count). The van der Waals surface area contributed by atoms with E-state index in [1.807, 2.05) is 0 Å². The van der Waals surface area contributed by atoms with Crippen LogP contribution in [0, 0.1) is 5.82 Å². The zero-order valence-electron chi connectivity index (χ0n) is 10.1. The highest BCUT2D eigenvalue weighted by Gasteiger charge is 2.34. The van der Waals surface area contributed by atoms with Gasteiger partial charge in [-0.15, -0.1) is 12.4 Å². The van der Waals surface area contributed by atoms with Gasteiger partial charge in [-0.05, 0) is 44.4 Å². The largest absolute Gasteiger partial charge is 0.387 e. The zero-order valence-corrected chi connectivity index (χ0v) is 10.9. The topological polar surface area (TPSA) is 32.3 Å². The van der Waals surface area contributed by atoms with Gasteiger partial charge in [-0.2, -0.15) is 0 Å². The van der Waals surface area contributed by atoms with Crippen LogP contribution in [-0.2, 0) is 0 Å². The van der Waals surface area contributed by atoms with Gasteiger partial charge in [0.15, 0.2) is 0 Å². The average molecular weight is 260 g/mol. The van der Waals surface area contributed by atoms with Crippen LogP contribution in [0.25, 0.3) is 0 Å². The van der Waals surface area contributed by atoms with Crippen molar-refractivity contribution in [3.05, 3.63) is 35.6 Å². The first-order chi connectivity index (χ1) is 7.48. The summed E-state index contributed by atoms with van der Waals surface area (Å²) in [4.78, 5) is 0. The molecule has 0 bridgehead atoms. The van der Waals surface area contributed by atoms with Gasteiger partial charge < -0.3 is 10.4 Å². The molecule has 1 aromatic carbocycles. The molecule has 4 heteroatoms. The number of hydrogen-bond donors (Lipinski definition) is 2. The maximum Gasteiger partial charge on any atom is 0.123 e. The molecule has 0 radical (unpaired) electrons. The van der Waals surface area contributed by atoms with Crippen molar-refractivity contribution in [2.24, 2.45) is 0 Å². The van der Waals surface area contributed by atoms with Crippen molar-refractivity contribution in [1.29, 1.82) is 0 Å². The standard InChI is InChI=1S/C13H18FNO.ClH/c1-13(2)7-6-11(15-13)12(16)9-4-3-5-10(14)8-9;/h3-5,8,11-12,15-16H,6-7H2,1-2H3;1H/t11?,12-;/m1./s1. The second kappa shape index (κ2) is 5.34. The second-order valence-electron chi connectivity index (χ2n) is 5.17. The monoisotopic (exact) mass is 259 g/mol. The third-order valence-corrected chi connectivity index (χ3v) is 3.23.